The Kier molecular flexibility index (Phi) is 4.44. The van der Waals surface area contributed by atoms with Crippen molar-refractivity contribution in [1.29, 1.82) is 0 Å². The summed E-state index contributed by atoms with van der Waals surface area (Å²) in [5, 5.41) is 7.16. The quantitative estimate of drug-likeness (QED) is 0.606. The van der Waals surface area contributed by atoms with E-state index in [0.29, 0.717) is 0 Å². The van der Waals surface area contributed by atoms with E-state index in [1.807, 2.05) is 41.1 Å². The maximum atomic E-state index is 5.64. The number of hydrogen-bond donors (Lipinski definition) is 0. The van der Waals surface area contributed by atoms with Crippen molar-refractivity contribution in [2.24, 2.45) is 0 Å². The first kappa shape index (κ1) is 17.0. The van der Waals surface area contributed by atoms with Crippen LogP contribution in [0.4, 0.5) is 0 Å². The molecule has 24 heavy (non-hydrogen) atoms. The number of ether oxygens (including phenoxy) is 2. The molecule has 0 aliphatic carbocycles. The summed E-state index contributed by atoms with van der Waals surface area (Å²) in [5.41, 5.74) is 1.95. The average molecular weight is 405 g/mol. The lowest BCUT2D eigenvalue weighted by molar-refractivity contribution is 0.409. The molecule has 0 radical (unpaired) electrons. The Morgan fingerprint density at radius 3 is 2.04 bits per heavy atom. The molecule has 6 heteroatoms. The Bertz CT molecular complexity index is 883. The van der Waals surface area contributed by atoms with Crippen LogP contribution in [0.1, 0.15) is 0 Å². The molecule has 3 rings (SSSR count). The van der Waals surface area contributed by atoms with Gasteiger partial charge in [0.25, 0.3) is 0 Å². The second-order valence-electron chi connectivity index (χ2n) is 6.68. The van der Waals surface area contributed by atoms with Crippen LogP contribution in [-0.4, -0.2) is 32.1 Å². The Morgan fingerprint density at radius 2 is 1.50 bits per heavy atom. The lowest BCUT2D eigenvalue weighted by Crippen LogP contribution is -2.39. The monoisotopic (exact) mass is 404 g/mol. The first-order valence-corrected chi connectivity index (χ1v) is 12.1. The lowest BCUT2D eigenvalue weighted by atomic mass is 10.2. The van der Waals surface area contributed by atoms with Gasteiger partial charge in [-0.1, -0.05) is 35.6 Å². The zero-order valence-corrected chi connectivity index (χ0v) is 17.1. The number of methoxy groups -OCH3 is 2. The Morgan fingerprint density at radius 1 is 0.917 bits per heavy atom. The summed E-state index contributed by atoms with van der Waals surface area (Å²) in [6.07, 6.45) is 0. The van der Waals surface area contributed by atoms with E-state index < -0.39 is 8.07 Å². The molecule has 0 spiro atoms. The van der Waals surface area contributed by atoms with Gasteiger partial charge < -0.3 is 9.47 Å². The molecular formula is C18H21BrN2O2Si. The van der Waals surface area contributed by atoms with E-state index >= 15 is 0 Å². The molecule has 0 aliphatic rings. The largest absolute Gasteiger partial charge is 0.496 e. The zero-order valence-electron chi connectivity index (χ0n) is 14.6. The van der Waals surface area contributed by atoms with Crippen molar-refractivity contribution in [3.05, 3.63) is 40.9 Å². The molecule has 3 aromatic rings. The zero-order chi connectivity index (χ0) is 17.5. The summed E-state index contributed by atoms with van der Waals surface area (Å²) < 4.78 is 14.3. The number of nitrogens with zero attached hydrogens (tertiary/aromatic N) is 2. The van der Waals surface area contributed by atoms with Crippen molar-refractivity contribution in [1.82, 2.24) is 9.78 Å². The van der Waals surface area contributed by atoms with Crippen LogP contribution in [0.15, 0.2) is 40.9 Å². The SMILES string of the molecule is COc1ccc(OC)c2c1c([Si](C)(C)C)nn2-c1ccc(Br)cc1. The molecule has 0 fully saturated rings. The predicted molar refractivity (Wildman–Crippen MR) is 105 cm³/mol. The molecule has 1 heterocycles. The third-order valence-corrected chi connectivity index (χ3v) is 6.27. The highest BCUT2D eigenvalue weighted by Gasteiger charge is 2.28. The smallest absolute Gasteiger partial charge is 0.145 e. The summed E-state index contributed by atoms with van der Waals surface area (Å²) in [4.78, 5) is 0. The second-order valence-corrected chi connectivity index (χ2v) is 12.6. The van der Waals surface area contributed by atoms with Gasteiger partial charge in [0.2, 0.25) is 0 Å². The van der Waals surface area contributed by atoms with Gasteiger partial charge in [-0.2, -0.15) is 5.10 Å². The highest BCUT2D eigenvalue weighted by molar-refractivity contribution is 9.10. The lowest BCUT2D eigenvalue weighted by Gasteiger charge is -2.14. The molecule has 126 valence electrons. The second kappa shape index (κ2) is 6.26. The Labute approximate surface area is 151 Å². The van der Waals surface area contributed by atoms with Gasteiger partial charge in [-0.15, -0.1) is 0 Å². The van der Waals surface area contributed by atoms with Crippen LogP contribution >= 0.6 is 15.9 Å². The van der Waals surface area contributed by atoms with Gasteiger partial charge in [0, 0.05) is 4.47 Å². The third-order valence-electron chi connectivity index (χ3n) is 3.97. The van der Waals surface area contributed by atoms with Crippen LogP contribution in [0.3, 0.4) is 0 Å². The molecule has 0 bridgehead atoms. The molecule has 0 atom stereocenters. The van der Waals surface area contributed by atoms with Crippen LogP contribution < -0.4 is 14.8 Å². The number of benzene rings is 2. The number of fused-ring (bicyclic) bond motifs is 1. The van der Waals surface area contributed by atoms with E-state index in [1.54, 1.807) is 14.2 Å². The normalized spacial score (nSPS) is 11.8. The van der Waals surface area contributed by atoms with Crippen LogP contribution in [0.25, 0.3) is 16.6 Å². The van der Waals surface area contributed by atoms with Crippen LogP contribution in [0, 0.1) is 0 Å². The first-order valence-electron chi connectivity index (χ1n) is 7.77. The van der Waals surface area contributed by atoms with E-state index in [0.717, 1.165) is 37.9 Å². The molecule has 0 amide bonds. The summed E-state index contributed by atoms with van der Waals surface area (Å²) in [5.74, 6) is 1.64. The van der Waals surface area contributed by atoms with Crippen LogP contribution in [0.2, 0.25) is 19.6 Å². The topological polar surface area (TPSA) is 36.3 Å². The van der Waals surface area contributed by atoms with Crippen LogP contribution in [-0.2, 0) is 0 Å². The summed E-state index contributed by atoms with van der Waals surface area (Å²) in [6.45, 7) is 6.87. The van der Waals surface area contributed by atoms with Crippen molar-refractivity contribution >= 4 is 40.2 Å². The van der Waals surface area contributed by atoms with E-state index in [4.69, 9.17) is 14.6 Å². The van der Waals surface area contributed by atoms with E-state index in [2.05, 4.69) is 35.6 Å². The van der Waals surface area contributed by atoms with Crippen molar-refractivity contribution in [3.63, 3.8) is 0 Å². The van der Waals surface area contributed by atoms with Gasteiger partial charge in [0.15, 0.2) is 0 Å². The first-order chi connectivity index (χ1) is 11.4. The molecule has 2 aromatic carbocycles. The van der Waals surface area contributed by atoms with Crippen molar-refractivity contribution in [2.75, 3.05) is 14.2 Å². The summed E-state index contributed by atoms with van der Waals surface area (Å²) in [6, 6.07) is 12.0. The fourth-order valence-corrected chi connectivity index (χ4v) is 4.48. The molecule has 0 saturated carbocycles. The van der Waals surface area contributed by atoms with Crippen LogP contribution in [0.5, 0.6) is 11.5 Å². The number of rotatable bonds is 4. The number of hydrogen-bond acceptors (Lipinski definition) is 3. The average Bonchev–Trinajstić information content (AvgIpc) is 2.95. The molecule has 0 unspecified atom stereocenters. The minimum Gasteiger partial charge on any atom is -0.496 e. The summed E-state index contributed by atoms with van der Waals surface area (Å²) in [7, 11) is 1.71. The molecule has 0 aliphatic heterocycles. The van der Waals surface area contributed by atoms with Gasteiger partial charge in [-0.05, 0) is 36.4 Å². The van der Waals surface area contributed by atoms with Gasteiger partial charge >= 0.3 is 0 Å². The maximum Gasteiger partial charge on any atom is 0.145 e. The highest BCUT2D eigenvalue weighted by atomic mass is 79.9. The Balaban J connectivity index is 2.43. The minimum absolute atomic E-state index is 0.797. The number of aromatic nitrogens is 2. The molecule has 0 N–H and O–H groups in total. The maximum absolute atomic E-state index is 5.64. The predicted octanol–water partition coefficient (Wildman–Crippen LogP) is 4.35. The van der Waals surface area contributed by atoms with Gasteiger partial charge in [0.1, 0.15) is 25.1 Å². The van der Waals surface area contributed by atoms with Gasteiger partial charge in [-0.3, -0.25) is 0 Å². The Hall–Kier alpha value is -1.79. The fourth-order valence-electron chi connectivity index (χ4n) is 2.82. The molecule has 0 saturated heterocycles. The van der Waals surface area contributed by atoms with Crippen molar-refractivity contribution in [3.8, 4) is 17.2 Å². The molecule has 1 aromatic heterocycles. The van der Waals surface area contributed by atoms with E-state index in [1.165, 1.54) is 0 Å². The standard InChI is InChI=1S/C18H21BrN2O2Si/c1-22-14-10-11-15(23-2)17-16(14)18(24(3,4)5)20-21(17)13-8-6-12(19)7-9-13/h6-11H,1-5H3. The molecular weight excluding hydrogens is 384 g/mol. The molecule has 4 nitrogen and oxygen atoms in total. The highest BCUT2D eigenvalue weighted by Crippen LogP contribution is 2.34. The fraction of sp³-hybridized carbons (Fsp3) is 0.278. The van der Waals surface area contributed by atoms with Crippen molar-refractivity contribution in [2.45, 2.75) is 19.6 Å². The summed E-state index contributed by atoms with van der Waals surface area (Å²) >= 11 is 3.49. The van der Waals surface area contributed by atoms with Gasteiger partial charge in [-0.25, -0.2) is 4.68 Å². The minimum atomic E-state index is -1.68. The van der Waals surface area contributed by atoms with E-state index in [-0.39, 0.29) is 0 Å². The van der Waals surface area contributed by atoms with E-state index in [9.17, 15) is 0 Å². The van der Waals surface area contributed by atoms with Crippen molar-refractivity contribution < 1.29 is 9.47 Å². The van der Waals surface area contributed by atoms with Gasteiger partial charge in [0.05, 0.1) is 30.6 Å². The number of halogens is 1. The third kappa shape index (κ3) is 2.84.